The van der Waals surface area contributed by atoms with Gasteiger partial charge in [0.1, 0.15) is 35.7 Å². The normalized spacial score (nSPS) is 36.0. The van der Waals surface area contributed by atoms with Crippen LogP contribution in [0.5, 0.6) is 11.5 Å². The van der Waals surface area contributed by atoms with E-state index >= 15 is 0 Å². The van der Waals surface area contributed by atoms with Gasteiger partial charge in [-0.25, -0.2) is 0 Å². The number of phenols is 2. The average Bonchev–Trinajstić information content (AvgIpc) is 3.17. The van der Waals surface area contributed by atoms with Crippen LogP contribution in [0.2, 0.25) is 0 Å². The van der Waals surface area contributed by atoms with Crippen LogP contribution in [0, 0.1) is 0 Å². The van der Waals surface area contributed by atoms with Gasteiger partial charge in [0.2, 0.25) is 5.78 Å². The Morgan fingerprint density at radius 2 is 1.60 bits per heavy atom. The van der Waals surface area contributed by atoms with Crippen LogP contribution < -0.4 is 0 Å². The summed E-state index contributed by atoms with van der Waals surface area (Å²) in [4.78, 5) is 54.9. The number of carbonyl (C=O) groups excluding carboxylic acids is 4. The summed E-state index contributed by atoms with van der Waals surface area (Å²) in [7, 11) is 4.90. The number of nitrogens with zero attached hydrogens (tertiary/aromatic N) is 1. The number of aromatic hydroxyl groups is 2. The molecule has 3 aliphatic heterocycles. The second-order valence-electron chi connectivity index (χ2n) is 16.0. The maximum absolute atomic E-state index is 13.9. The van der Waals surface area contributed by atoms with Gasteiger partial charge in [0.05, 0.1) is 48.3 Å². The van der Waals surface area contributed by atoms with E-state index in [0.717, 1.165) is 0 Å². The fourth-order valence-corrected chi connectivity index (χ4v) is 9.02. The van der Waals surface area contributed by atoms with E-state index in [1.807, 2.05) is 19.0 Å². The Labute approximate surface area is 335 Å². The first-order chi connectivity index (χ1) is 27.5. The molecule has 13 atom stereocenters. The zero-order valence-electron chi connectivity index (χ0n) is 33.4. The molecule has 0 bridgehead atoms. The Kier molecular flexibility index (Phi) is 11.7. The fraction of sp³-hybridized carbons (Fsp3) is 0.571. The Hall–Kier alpha value is -4.10. The number of carbonyl (C=O) groups is 4. The molecule has 2 aliphatic carbocycles. The van der Waals surface area contributed by atoms with Crippen LogP contribution in [0.4, 0.5) is 0 Å². The van der Waals surface area contributed by atoms with E-state index in [1.54, 1.807) is 27.7 Å². The number of phenolic OH excluding ortho intramolecular Hbond substituents is 2. The molecular weight excluding hydrogens is 758 g/mol. The standard InChI is InChI=1S/C42H51NO15/c1-8-42(51)17-28(33-22(35(42)41(50)52-7)14-23-34(38(33)49)37(48)32-21(36(23)47)10-9-11-26(32)45)56-30-15-24(43(5)6)39(19(3)54-30)58-31-16-27(46)40(20(4)55-31)57-29-13-12-25(44)18(2)53-29/h9-14,18-20,24,27-31,35,39-40,45-46,49,51H,8,15-17H2,1-7H3/t18-,19-,20-,24-,27-,28-,29+,30?,31-,35-,39+,40-,42+/m0/s1. The number of hydrogen-bond donors (Lipinski definition) is 4. The zero-order chi connectivity index (χ0) is 42.0. The largest absolute Gasteiger partial charge is 0.507 e. The highest BCUT2D eigenvalue weighted by atomic mass is 16.7. The van der Waals surface area contributed by atoms with Crippen LogP contribution in [0.25, 0.3) is 0 Å². The maximum Gasteiger partial charge on any atom is 0.316 e. The molecule has 5 aliphatic rings. The van der Waals surface area contributed by atoms with Crippen LogP contribution in [0.15, 0.2) is 36.4 Å². The van der Waals surface area contributed by atoms with Crippen molar-refractivity contribution in [1.82, 2.24) is 4.90 Å². The van der Waals surface area contributed by atoms with E-state index in [2.05, 4.69) is 0 Å². The van der Waals surface area contributed by atoms with Crippen molar-refractivity contribution in [2.24, 2.45) is 0 Å². The van der Waals surface area contributed by atoms with E-state index in [0.29, 0.717) is 0 Å². The van der Waals surface area contributed by atoms with Gasteiger partial charge in [-0.15, -0.1) is 0 Å². The molecule has 0 aromatic heterocycles. The Balaban J connectivity index is 1.14. The lowest BCUT2D eigenvalue weighted by atomic mass is 9.67. The van der Waals surface area contributed by atoms with Crippen molar-refractivity contribution in [3.8, 4) is 11.5 Å². The summed E-state index contributed by atoms with van der Waals surface area (Å²) in [5.41, 5.74) is -2.52. The summed E-state index contributed by atoms with van der Waals surface area (Å²) >= 11 is 0. The molecule has 2 fully saturated rings. The number of ketones is 3. The van der Waals surface area contributed by atoms with Gasteiger partial charge < -0.3 is 58.5 Å². The van der Waals surface area contributed by atoms with Gasteiger partial charge in [-0.05, 0) is 71.1 Å². The van der Waals surface area contributed by atoms with Gasteiger partial charge in [-0.3, -0.25) is 19.2 Å². The van der Waals surface area contributed by atoms with E-state index in [-0.39, 0.29) is 70.9 Å². The number of fused-ring (bicyclic) bond motifs is 3. The lowest BCUT2D eigenvalue weighted by molar-refractivity contribution is -0.320. The van der Waals surface area contributed by atoms with Crippen LogP contribution >= 0.6 is 0 Å². The van der Waals surface area contributed by atoms with E-state index in [4.69, 9.17) is 33.2 Å². The predicted octanol–water partition coefficient (Wildman–Crippen LogP) is 2.93. The van der Waals surface area contributed by atoms with Gasteiger partial charge >= 0.3 is 5.97 Å². The van der Waals surface area contributed by atoms with Crippen molar-refractivity contribution < 1.29 is 72.8 Å². The average molecular weight is 810 g/mol. The van der Waals surface area contributed by atoms with Gasteiger partial charge in [0, 0.05) is 42.0 Å². The number of rotatable bonds is 9. The summed E-state index contributed by atoms with van der Waals surface area (Å²) in [6.45, 7) is 6.87. The number of aliphatic hydroxyl groups excluding tert-OH is 1. The third-order valence-electron chi connectivity index (χ3n) is 12.1. The maximum atomic E-state index is 13.9. The number of aliphatic hydroxyl groups is 2. The first-order valence-corrected chi connectivity index (χ1v) is 19.6. The summed E-state index contributed by atoms with van der Waals surface area (Å²) < 4.78 is 42.4. The number of benzene rings is 2. The molecule has 0 saturated carbocycles. The summed E-state index contributed by atoms with van der Waals surface area (Å²) in [6, 6.07) is 5.09. The molecule has 314 valence electrons. The molecule has 16 nitrogen and oxygen atoms in total. The molecule has 0 spiro atoms. The molecule has 7 rings (SSSR count). The monoisotopic (exact) mass is 809 g/mol. The SMILES string of the molecule is CC[C@@]1(O)C[C@H](OC2C[C@H](N(C)C)[C@H](O[C@H]3C[C@H](O)[C@@H](O[C@@H]4C=CC(=O)[C@H](C)O4)[C@H](C)O3)[C@H](C)O2)c2c(cc3c(c2O)C(=O)c2c(O)cccc2C3=O)[C@H]1C(=O)OC. The topological polar surface area (TPSA) is 217 Å². The lowest BCUT2D eigenvalue weighted by Crippen LogP contribution is -2.58. The van der Waals surface area contributed by atoms with Crippen LogP contribution in [-0.4, -0.2) is 137 Å². The molecule has 3 heterocycles. The molecular formula is C42H51NO15. The van der Waals surface area contributed by atoms with Crippen LogP contribution in [0.3, 0.4) is 0 Å². The third-order valence-corrected chi connectivity index (χ3v) is 12.1. The number of methoxy groups -OCH3 is 1. The quantitative estimate of drug-likeness (QED) is 0.229. The van der Waals surface area contributed by atoms with Gasteiger partial charge in [-0.2, -0.15) is 0 Å². The summed E-state index contributed by atoms with van der Waals surface area (Å²) in [6.07, 6.45) is -4.94. The Bertz CT molecular complexity index is 1990. The van der Waals surface area contributed by atoms with Gasteiger partial charge in [0.25, 0.3) is 0 Å². The number of esters is 1. The van der Waals surface area contributed by atoms with Crippen molar-refractivity contribution in [3.63, 3.8) is 0 Å². The van der Waals surface area contributed by atoms with Crippen molar-refractivity contribution in [2.45, 2.75) is 133 Å². The molecule has 2 saturated heterocycles. The van der Waals surface area contributed by atoms with Crippen molar-refractivity contribution in [2.75, 3.05) is 21.2 Å². The Morgan fingerprint density at radius 1 is 0.914 bits per heavy atom. The van der Waals surface area contributed by atoms with Gasteiger partial charge in [-0.1, -0.05) is 19.1 Å². The zero-order valence-corrected chi connectivity index (χ0v) is 33.4. The first kappa shape index (κ1) is 42.0. The van der Waals surface area contributed by atoms with Crippen molar-refractivity contribution in [3.05, 3.63) is 69.8 Å². The smallest absolute Gasteiger partial charge is 0.316 e. The van der Waals surface area contributed by atoms with E-state index < -0.39 is 102 Å². The first-order valence-electron chi connectivity index (χ1n) is 19.6. The highest BCUT2D eigenvalue weighted by Gasteiger charge is 2.53. The highest BCUT2D eigenvalue weighted by molar-refractivity contribution is 6.30. The molecule has 16 heteroatoms. The lowest BCUT2D eigenvalue weighted by Gasteiger charge is -2.48. The molecule has 0 radical (unpaired) electrons. The number of ether oxygens (including phenoxy) is 7. The summed E-state index contributed by atoms with van der Waals surface area (Å²) in [5.74, 6) is -4.79. The molecule has 4 N–H and O–H groups in total. The Morgan fingerprint density at radius 3 is 2.24 bits per heavy atom. The molecule has 0 amide bonds. The van der Waals surface area contributed by atoms with E-state index in [9.17, 15) is 39.6 Å². The predicted molar refractivity (Wildman–Crippen MR) is 201 cm³/mol. The van der Waals surface area contributed by atoms with Crippen LogP contribution in [0.1, 0.15) is 108 Å². The van der Waals surface area contributed by atoms with Crippen LogP contribution in [-0.2, 0) is 42.7 Å². The second kappa shape index (κ2) is 16.2. The fourth-order valence-electron chi connectivity index (χ4n) is 9.02. The second-order valence-corrected chi connectivity index (χ2v) is 16.0. The van der Waals surface area contributed by atoms with E-state index in [1.165, 1.54) is 43.5 Å². The molecule has 2 aromatic carbocycles. The minimum Gasteiger partial charge on any atom is -0.507 e. The molecule has 58 heavy (non-hydrogen) atoms. The van der Waals surface area contributed by atoms with Crippen molar-refractivity contribution in [1.29, 1.82) is 0 Å². The number of likely N-dealkylation sites (N-methyl/N-ethyl adjacent to an activating group) is 1. The third kappa shape index (κ3) is 7.39. The highest BCUT2D eigenvalue weighted by Crippen LogP contribution is 2.54. The van der Waals surface area contributed by atoms with Crippen molar-refractivity contribution >= 4 is 23.3 Å². The minimum absolute atomic E-state index is 0.0221. The molecule has 1 unspecified atom stereocenters. The minimum atomic E-state index is -1.76. The summed E-state index contributed by atoms with van der Waals surface area (Å²) in [5, 5.41) is 45.8. The van der Waals surface area contributed by atoms with Gasteiger partial charge in [0.15, 0.2) is 30.4 Å². The molecule has 2 aromatic rings. The number of hydrogen-bond acceptors (Lipinski definition) is 16.